The zero-order valence-electron chi connectivity index (χ0n) is 14.5. The van der Waals surface area contributed by atoms with Crippen molar-refractivity contribution in [2.24, 2.45) is 0 Å². The zero-order valence-corrected chi connectivity index (χ0v) is 14.5. The molecule has 0 fully saturated rings. The summed E-state index contributed by atoms with van der Waals surface area (Å²) in [6.45, 7) is 4.14. The van der Waals surface area contributed by atoms with E-state index in [4.69, 9.17) is 15.2 Å². The second-order valence-electron chi connectivity index (χ2n) is 5.47. The van der Waals surface area contributed by atoms with Gasteiger partial charge in [0.15, 0.2) is 5.82 Å². The van der Waals surface area contributed by atoms with Gasteiger partial charge in [-0.3, -0.25) is 0 Å². The van der Waals surface area contributed by atoms with Crippen LogP contribution in [0.2, 0.25) is 0 Å². The van der Waals surface area contributed by atoms with E-state index < -0.39 is 5.97 Å². The quantitative estimate of drug-likeness (QED) is 0.678. The van der Waals surface area contributed by atoms with Crippen molar-refractivity contribution in [3.05, 3.63) is 59.4 Å². The summed E-state index contributed by atoms with van der Waals surface area (Å²) < 4.78 is 12.2. The van der Waals surface area contributed by atoms with Gasteiger partial charge in [-0.1, -0.05) is 30.3 Å². The van der Waals surface area contributed by atoms with Crippen LogP contribution < -0.4 is 10.5 Å². The highest BCUT2D eigenvalue weighted by Gasteiger charge is 2.17. The van der Waals surface area contributed by atoms with Crippen LogP contribution in [0.15, 0.2) is 42.6 Å². The van der Waals surface area contributed by atoms with Gasteiger partial charge >= 0.3 is 5.97 Å². The molecule has 0 aliphatic heterocycles. The highest BCUT2D eigenvalue weighted by atomic mass is 16.5. The summed E-state index contributed by atoms with van der Waals surface area (Å²) in [4.78, 5) is 20.2. The first-order chi connectivity index (χ1) is 12.6. The molecule has 3 rings (SSSR count). The molecule has 26 heavy (non-hydrogen) atoms. The third-order valence-corrected chi connectivity index (χ3v) is 3.66. The van der Waals surface area contributed by atoms with E-state index in [0.717, 1.165) is 5.56 Å². The molecule has 2 heterocycles. The predicted octanol–water partition coefficient (Wildman–Crippen LogP) is 2.31. The van der Waals surface area contributed by atoms with Gasteiger partial charge in [-0.15, -0.1) is 0 Å². The molecule has 0 aliphatic carbocycles. The number of ether oxygens (including phenoxy) is 2. The molecule has 0 amide bonds. The molecule has 0 atom stereocenters. The number of nitrogens with two attached hydrogens (primary N) is 1. The van der Waals surface area contributed by atoms with Crippen molar-refractivity contribution in [3.63, 3.8) is 0 Å². The molecule has 8 nitrogen and oxygen atoms in total. The smallest absolute Gasteiger partial charge is 0.341 e. The fraction of sp³-hybridized carbons (Fsp3) is 0.222. The lowest BCUT2D eigenvalue weighted by molar-refractivity contribution is 0.0525. The standard InChI is InChI=1S/C18H19N5O3/c1-3-25-17(24)14-10-20-23(12(14)2)15-9-16(22-18(19)21-15)26-11-13-7-5-4-6-8-13/h4-10H,3,11H2,1-2H3,(H2,19,21,22). The second kappa shape index (κ2) is 7.64. The predicted molar refractivity (Wildman–Crippen MR) is 95.0 cm³/mol. The number of nitrogens with zero attached hydrogens (tertiary/aromatic N) is 4. The minimum absolute atomic E-state index is 0.0538. The molecule has 134 valence electrons. The number of hydrogen-bond acceptors (Lipinski definition) is 7. The van der Waals surface area contributed by atoms with E-state index >= 15 is 0 Å². The van der Waals surface area contributed by atoms with Gasteiger partial charge in [-0.25, -0.2) is 9.48 Å². The van der Waals surface area contributed by atoms with E-state index in [-0.39, 0.29) is 5.95 Å². The molecule has 0 saturated heterocycles. The second-order valence-corrected chi connectivity index (χ2v) is 5.47. The molecular formula is C18H19N5O3. The molecule has 3 aromatic rings. The first-order valence-corrected chi connectivity index (χ1v) is 8.12. The van der Waals surface area contributed by atoms with E-state index in [0.29, 0.717) is 36.2 Å². The molecule has 0 saturated carbocycles. The van der Waals surface area contributed by atoms with Crippen molar-refractivity contribution in [3.8, 4) is 11.7 Å². The van der Waals surface area contributed by atoms with E-state index in [1.54, 1.807) is 19.9 Å². The Morgan fingerprint density at radius 2 is 2.00 bits per heavy atom. The number of benzene rings is 1. The zero-order chi connectivity index (χ0) is 18.5. The van der Waals surface area contributed by atoms with Crippen LogP contribution in [0, 0.1) is 6.92 Å². The lowest BCUT2D eigenvalue weighted by Crippen LogP contribution is -2.09. The van der Waals surface area contributed by atoms with Crippen molar-refractivity contribution >= 4 is 11.9 Å². The maximum Gasteiger partial charge on any atom is 0.341 e. The third kappa shape index (κ3) is 3.80. The Balaban J connectivity index is 1.85. The van der Waals surface area contributed by atoms with Gasteiger partial charge in [0.1, 0.15) is 12.2 Å². The highest BCUT2D eigenvalue weighted by Crippen LogP contribution is 2.19. The van der Waals surface area contributed by atoms with Crippen LogP contribution in [0.3, 0.4) is 0 Å². The maximum atomic E-state index is 11.9. The summed E-state index contributed by atoms with van der Waals surface area (Å²) in [5.74, 6) is 0.356. The molecule has 1 aromatic carbocycles. The SMILES string of the molecule is CCOC(=O)c1cnn(-c2cc(OCc3ccccc3)nc(N)n2)c1C. The van der Waals surface area contributed by atoms with Gasteiger partial charge in [-0.2, -0.15) is 15.1 Å². The van der Waals surface area contributed by atoms with Crippen LogP contribution >= 0.6 is 0 Å². The monoisotopic (exact) mass is 353 g/mol. The van der Waals surface area contributed by atoms with Crippen molar-refractivity contribution in [1.29, 1.82) is 0 Å². The fourth-order valence-corrected chi connectivity index (χ4v) is 2.39. The summed E-state index contributed by atoms with van der Waals surface area (Å²) in [7, 11) is 0. The van der Waals surface area contributed by atoms with Crippen molar-refractivity contribution in [1.82, 2.24) is 19.7 Å². The number of rotatable bonds is 6. The van der Waals surface area contributed by atoms with Crippen molar-refractivity contribution in [2.45, 2.75) is 20.5 Å². The Morgan fingerprint density at radius 3 is 2.73 bits per heavy atom. The number of hydrogen-bond donors (Lipinski definition) is 1. The Kier molecular flexibility index (Phi) is 5.12. The average Bonchev–Trinajstić information content (AvgIpc) is 3.02. The van der Waals surface area contributed by atoms with Gasteiger partial charge in [-0.05, 0) is 19.4 Å². The van der Waals surface area contributed by atoms with E-state index in [2.05, 4.69) is 15.1 Å². The van der Waals surface area contributed by atoms with E-state index in [1.807, 2.05) is 30.3 Å². The van der Waals surface area contributed by atoms with E-state index in [9.17, 15) is 4.79 Å². The number of carbonyl (C=O) groups is 1. The average molecular weight is 353 g/mol. The Bertz CT molecular complexity index is 908. The van der Waals surface area contributed by atoms with Crippen LogP contribution in [0.1, 0.15) is 28.5 Å². The Morgan fingerprint density at radius 1 is 1.23 bits per heavy atom. The first-order valence-electron chi connectivity index (χ1n) is 8.12. The molecular weight excluding hydrogens is 334 g/mol. The Labute approximate surface area is 150 Å². The number of esters is 1. The minimum atomic E-state index is -0.432. The number of carbonyl (C=O) groups excluding carboxylic acids is 1. The first kappa shape index (κ1) is 17.4. The van der Waals surface area contributed by atoms with Gasteiger partial charge < -0.3 is 15.2 Å². The largest absolute Gasteiger partial charge is 0.473 e. The third-order valence-electron chi connectivity index (χ3n) is 3.66. The van der Waals surface area contributed by atoms with Gasteiger partial charge in [0.2, 0.25) is 11.8 Å². The summed E-state index contributed by atoms with van der Waals surface area (Å²) in [5.41, 5.74) is 7.76. The van der Waals surface area contributed by atoms with Crippen LogP contribution in [0.5, 0.6) is 5.88 Å². The molecule has 2 N–H and O–H groups in total. The molecule has 8 heteroatoms. The molecule has 0 aliphatic rings. The number of aromatic nitrogens is 4. The van der Waals surface area contributed by atoms with Crippen molar-refractivity contribution in [2.75, 3.05) is 12.3 Å². The van der Waals surface area contributed by atoms with E-state index in [1.165, 1.54) is 10.9 Å². The summed E-state index contributed by atoms with van der Waals surface area (Å²) >= 11 is 0. The maximum absolute atomic E-state index is 11.9. The number of nitrogen functional groups attached to an aromatic ring is 1. The van der Waals surface area contributed by atoms with Gasteiger partial charge in [0.05, 0.1) is 18.5 Å². The number of anilines is 1. The van der Waals surface area contributed by atoms with Gasteiger partial charge in [0.25, 0.3) is 0 Å². The van der Waals surface area contributed by atoms with Crippen LogP contribution in [-0.2, 0) is 11.3 Å². The summed E-state index contributed by atoms with van der Waals surface area (Å²) in [6, 6.07) is 11.3. The lowest BCUT2D eigenvalue weighted by atomic mass is 10.2. The van der Waals surface area contributed by atoms with Gasteiger partial charge in [0, 0.05) is 6.07 Å². The molecule has 0 unspecified atom stereocenters. The van der Waals surface area contributed by atoms with Crippen LogP contribution in [-0.4, -0.2) is 32.3 Å². The summed E-state index contributed by atoms with van der Waals surface area (Å²) in [5, 5.41) is 4.20. The van der Waals surface area contributed by atoms with Crippen LogP contribution in [0.4, 0.5) is 5.95 Å². The topological polar surface area (TPSA) is 105 Å². The van der Waals surface area contributed by atoms with Crippen molar-refractivity contribution < 1.29 is 14.3 Å². The highest BCUT2D eigenvalue weighted by molar-refractivity contribution is 5.90. The lowest BCUT2D eigenvalue weighted by Gasteiger charge is -2.09. The fourth-order valence-electron chi connectivity index (χ4n) is 2.39. The Hall–Kier alpha value is -3.42. The molecule has 2 aromatic heterocycles. The summed E-state index contributed by atoms with van der Waals surface area (Å²) in [6.07, 6.45) is 1.44. The molecule has 0 radical (unpaired) electrons. The molecule has 0 bridgehead atoms. The minimum Gasteiger partial charge on any atom is -0.473 e. The van der Waals surface area contributed by atoms with Crippen LogP contribution in [0.25, 0.3) is 5.82 Å². The molecule has 0 spiro atoms. The normalized spacial score (nSPS) is 10.5.